The number of nitrogens with zero attached hydrogens (tertiary/aromatic N) is 3. The van der Waals surface area contributed by atoms with Crippen molar-refractivity contribution in [2.45, 2.75) is 11.3 Å². The molecule has 3 rings (SSSR count). The third-order valence-electron chi connectivity index (χ3n) is 3.05. The first-order chi connectivity index (χ1) is 9.80. The molecule has 1 aliphatic rings. The van der Waals surface area contributed by atoms with Gasteiger partial charge in [-0.3, -0.25) is 0 Å². The van der Waals surface area contributed by atoms with Crippen LogP contribution >= 0.6 is 11.8 Å². The zero-order chi connectivity index (χ0) is 13.9. The fourth-order valence-corrected chi connectivity index (χ4v) is 3.03. The Labute approximate surface area is 121 Å². The normalized spacial score (nSPS) is 12.2. The first-order valence-corrected chi connectivity index (χ1v) is 6.89. The third-order valence-corrected chi connectivity index (χ3v) is 4.01. The third kappa shape index (κ3) is 2.30. The summed E-state index contributed by atoms with van der Waals surface area (Å²) in [4.78, 5) is 5.51. The van der Waals surface area contributed by atoms with Crippen LogP contribution in [-0.2, 0) is 6.42 Å². The van der Waals surface area contributed by atoms with Gasteiger partial charge in [0.05, 0.1) is 21.9 Å². The van der Waals surface area contributed by atoms with E-state index in [-0.39, 0.29) is 0 Å². The molecule has 0 N–H and O–H groups in total. The molecule has 20 heavy (non-hydrogen) atoms. The number of hydrogen-bond acceptors (Lipinski definition) is 4. The quantitative estimate of drug-likeness (QED) is 0.795. The van der Waals surface area contributed by atoms with Crippen LogP contribution < -0.4 is 0 Å². The van der Waals surface area contributed by atoms with E-state index in [4.69, 9.17) is 10.5 Å². The first-order valence-electron chi connectivity index (χ1n) is 6.08. The van der Waals surface area contributed by atoms with Crippen LogP contribution in [0.3, 0.4) is 0 Å². The molecule has 0 unspecified atom stereocenters. The van der Waals surface area contributed by atoms with Gasteiger partial charge < -0.3 is 0 Å². The molecule has 0 bridgehead atoms. The molecule has 0 aliphatic carbocycles. The van der Waals surface area contributed by atoms with Crippen molar-refractivity contribution in [2.75, 3.05) is 0 Å². The molecular weight excluding hydrogens is 266 g/mol. The lowest BCUT2D eigenvalue weighted by molar-refractivity contribution is 1.37. The maximum atomic E-state index is 9.04. The van der Waals surface area contributed by atoms with Crippen molar-refractivity contribution in [1.29, 1.82) is 10.5 Å². The van der Waals surface area contributed by atoms with Crippen LogP contribution in [0.5, 0.6) is 0 Å². The minimum Gasteiger partial charge on any atom is -0.246 e. The maximum absolute atomic E-state index is 9.04. The summed E-state index contributed by atoms with van der Waals surface area (Å²) in [6.45, 7) is 0. The van der Waals surface area contributed by atoms with E-state index in [1.165, 1.54) is 5.56 Å². The molecule has 0 saturated carbocycles. The van der Waals surface area contributed by atoms with Crippen molar-refractivity contribution in [3.05, 3.63) is 59.2 Å². The van der Waals surface area contributed by atoms with E-state index >= 15 is 0 Å². The Kier molecular flexibility index (Phi) is 3.25. The second-order valence-electron chi connectivity index (χ2n) is 4.34. The Hall–Kier alpha value is -2.56. The second-order valence-corrected chi connectivity index (χ2v) is 5.49. The van der Waals surface area contributed by atoms with Crippen LogP contribution in [0.4, 0.5) is 5.69 Å². The van der Waals surface area contributed by atoms with E-state index in [2.05, 4.69) is 17.1 Å². The van der Waals surface area contributed by atoms with Gasteiger partial charge in [-0.05, 0) is 29.8 Å². The van der Waals surface area contributed by atoms with E-state index in [9.17, 15) is 0 Å². The van der Waals surface area contributed by atoms with Gasteiger partial charge in [0, 0.05) is 11.3 Å². The Morgan fingerprint density at radius 1 is 1.00 bits per heavy atom. The van der Waals surface area contributed by atoms with Crippen molar-refractivity contribution >= 4 is 22.5 Å². The number of thioether (sulfide) groups is 1. The molecule has 0 spiro atoms. The lowest BCUT2D eigenvalue weighted by Gasteiger charge is -2.02. The molecule has 0 saturated heterocycles. The highest BCUT2D eigenvalue weighted by Gasteiger charge is 2.15. The molecule has 0 aromatic heterocycles. The molecule has 2 aromatic carbocycles. The summed E-state index contributed by atoms with van der Waals surface area (Å²) in [7, 11) is 0. The molecule has 3 nitrogen and oxygen atoms in total. The van der Waals surface area contributed by atoms with Crippen molar-refractivity contribution in [1.82, 2.24) is 0 Å². The summed E-state index contributed by atoms with van der Waals surface area (Å²) in [6, 6.07) is 17.4. The van der Waals surface area contributed by atoms with Gasteiger partial charge in [-0.15, -0.1) is 0 Å². The number of hydrogen-bond donors (Lipinski definition) is 0. The molecular formula is C16H9N3S. The summed E-state index contributed by atoms with van der Waals surface area (Å²) in [5.74, 6) is 0. The predicted octanol–water partition coefficient (Wildman–Crippen LogP) is 3.81. The van der Waals surface area contributed by atoms with Gasteiger partial charge in [0.15, 0.2) is 0 Å². The topological polar surface area (TPSA) is 59.9 Å². The Bertz CT molecular complexity index is 794. The monoisotopic (exact) mass is 275 g/mol. The highest BCUT2D eigenvalue weighted by atomic mass is 32.2. The van der Waals surface area contributed by atoms with Crippen molar-refractivity contribution < 1.29 is 0 Å². The van der Waals surface area contributed by atoms with E-state index in [0.29, 0.717) is 11.1 Å². The van der Waals surface area contributed by atoms with Crippen molar-refractivity contribution in [3.63, 3.8) is 0 Å². The molecule has 0 atom stereocenters. The summed E-state index contributed by atoms with van der Waals surface area (Å²) in [6.07, 6.45) is 0.822. The van der Waals surface area contributed by atoms with Gasteiger partial charge in [-0.1, -0.05) is 30.0 Å². The van der Waals surface area contributed by atoms with Gasteiger partial charge in [-0.25, -0.2) is 4.99 Å². The fraction of sp³-hybridized carbons (Fsp3) is 0.0625. The fourth-order valence-electron chi connectivity index (χ4n) is 2.08. The van der Waals surface area contributed by atoms with Gasteiger partial charge in [0.25, 0.3) is 0 Å². The van der Waals surface area contributed by atoms with Crippen LogP contribution in [0.1, 0.15) is 16.7 Å². The number of para-hydroxylation sites is 1. The largest absolute Gasteiger partial charge is 0.246 e. The maximum Gasteiger partial charge on any atom is 0.101 e. The van der Waals surface area contributed by atoms with Crippen LogP contribution in [0, 0.1) is 22.7 Å². The van der Waals surface area contributed by atoms with Crippen molar-refractivity contribution in [2.24, 2.45) is 4.99 Å². The Morgan fingerprint density at radius 2 is 1.80 bits per heavy atom. The average molecular weight is 275 g/mol. The molecule has 0 fully saturated rings. The van der Waals surface area contributed by atoms with Gasteiger partial charge in [0.2, 0.25) is 0 Å². The molecule has 1 heterocycles. The summed E-state index contributed by atoms with van der Waals surface area (Å²) in [5, 5.41) is 19.0. The molecule has 2 aromatic rings. The smallest absolute Gasteiger partial charge is 0.101 e. The SMILES string of the molecule is N#Cc1ccc(SC2=Nc3ccccc3C2)cc1C#N. The Balaban J connectivity index is 1.85. The molecule has 94 valence electrons. The van der Waals surface area contributed by atoms with Crippen molar-refractivity contribution in [3.8, 4) is 12.1 Å². The minimum absolute atomic E-state index is 0.411. The minimum atomic E-state index is 0.411. The summed E-state index contributed by atoms with van der Waals surface area (Å²) in [5.41, 5.74) is 3.07. The summed E-state index contributed by atoms with van der Waals surface area (Å²) < 4.78 is 0. The molecule has 1 aliphatic heterocycles. The van der Waals surface area contributed by atoms with E-state index in [1.54, 1.807) is 23.9 Å². The second kappa shape index (κ2) is 5.21. The number of rotatable bonds is 1. The van der Waals surface area contributed by atoms with Crippen LogP contribution in [-0.4, -0.2) is 5.04 Å². The zero-order valence-corrected chi connectivity index (χ0v) is 11.3. The lowest BCUT2D eigenvalue weighted by atomic mass is 10.1. The highest BCUT2D eigenvalue weighted by molar-refractivity contribution is 8.14. The van der Waals surface area contributed by atoms with E-state index in [1.807, 2.05) is 30.3 Å². The van der Waals surface area contributed by atoms with E-state index < -0.39 is 0 Å². The van der Waals surface area contributed by atoms with Gasteiger partial charge in [0.1, 0.15) is 12.1 Å². The predicted molar refractivity (Wildman–Crippen MR) is 79.0 cm³/mol. The average Bonchev–Trinajstić information content (AvgIpc) is 2.89. The Morgan fingerprint density at radius 3 is 2.55 bits per heavy atom. The number of aliphatic imine (C=N–C) groups is 1. The zero-order valence-electron chi connectivity index (χ0n) is 10.5. The number of nitriles is 2. The molecule has 4 heteroatoms. The van der Waals surface area contributed by atoms with E-state index in [0.717, 1.165) is 22.0 Å². The van der Waals surface area contributed by atoms with Crippen LogP contribution in [0.2, 0.25) is 0 Å². The summed E-state index contributed by atoms with van der Waals surface area (Å²) >= 11 is 1.55. The molecule has 0 radical (unpaired) electrons. The van der Waals surface area contributed by atoms with Gasteiger partial charge in [-0.2, -0.15) is 10.5 Å². The molecule has 0 amide bonds. The van der Waals surface area contributed by atoms with Gasteiger partial charge >= 0.3 is 0 Å². The van der Waals surface area contributed by atoms with Crippen LogP contribution in [0.15, 0.2) is 52.4 Å². The van der Waals surface area contributed by atoms with Crippen LogP contribution in [0.25, 0.3) is 0 Å². The number of fused-ring (bicyclic) bond motifs is 1. The first kappa shape index (κ1) is 12.5. The standard InChI is InChI=1S/C16H9N3S/c17-9-12-5-6-14(7-13(12)10-18)20-16-8-11-3-1-2-4-15(11)19-16/h1-7H,8H2. The lowest BCUT2D eigenvalue weighted by Crippen LogP contribution is -1.92. The highest BCUT2D eigenvalue weighted by Crippen LogP contribution is 2.33. The number of benzene rings is 2.